The number of likely N-dealkylation sites (N-methyl/N-ethyl adjacent to an activating group) is 1. The van der Waals surface area contributed by atoms with E-state index in [1.165, 1.54) is 10.5 Å². The van der Waals surface area contributed by atoms with Crippen LogP contribution in [0, 0.1) is 0 Å². The number of hydrogen-bond donors (Lipinski definition) is 1. The van der Waals surface area contributed by atoms with Crippen LogP contribution in [0.1, 0.15) is 67.3 Å². The van der Waals surface area contributed by atoms with Crippen molar-refractivity contribution >= 4 is 11.8 Å². The maximum atomic E-state index is 13.1. The van der Waals surface area contributed by atoms with Gasteiger partial charge in [0.2, 0.25) is 0 Å². The molecule has 7 nitrogen and oxygen atoms in total. The molecule has 48 heavy (non-hydrogen) atoms. The molecule has 2 aliphatic heterocycles. The fraction of sp³-hybridized carbons (Fsp3) is 0.220. The van der Waals surface area contributed by atoms with Crippen molar-refractivity contribution in [1.82, 2.24) is 9.80 Å². The molecular formula is C41H38N2O5. The summed E-state index contributed by atoms with van der Waals surface area (Å²) in [5.41, 5.74) is 7.77. The van der Waals surface area contributed by atoms with Gasteiger partial charge in [0.05, 0.1) is 36.5 Å². The van der Waals surface area contributed by atoms with Crippen molar-refractivity contribution in [2.24, 2.45) is 0 Å². The van der Waals surface area contributed by atoms with Gasteiger partial charge >= 0.3 is 0 Å². The Bertz CT molecular complexity index is 1860. The van der Waals surface area contributed by atoms with E-state index < -0.39 is 6.29 Å². The average molecular weight is 639 g/mol. The van der Waals surface area contributed by atoms with Crippen LogP contribution in [-0.2, 0) is 29.2 Å². The maximum absolute atomic E-state index is 13.1. The third-order valence-corrected chi connectivity index (χ3v) is 9.14. The molecule has 242 valence electrons. The van der Waals surface area contributed by atoms with Gasteiger partial charge in [0.25, 0.3) is 11.8 Å². The second-order valence-electron chi connectivity index (χ2n) is 12.6. The number of amides is 2. The van der Waals surface area contributed by atoms with E-state index in [0.717, 1.165) is 46.5 Å². The Morgan fingerprint density at radius 1 is 0.688 bits per heavy atom. The number of hydrogen-bond acceptors (Lipinski definition) is 6. The minimum atomic E-state index is -0.570. The summed E-state index contributed by atoms with van der Waals surface area (Å²) >= 11 is 0. The first-order chi connectivity index (χ1) is 23.5. The number of nitrogens with zero attached hydrogens (tertiary/aromatic N) is 2. The number of carbonyl (C=O) groups excluding carboxylic acids is 2. The first-order valence-corrected chi connectivity index (χ1v) is 16.3. The molecule has 1 saturated heterocycles. The number of aliphatic hydroxyl groups is 1. The molecule has 5 aromatic carbocycles. The minimum Gasteiger partial charge on any atom is -0.392 e. The number of ether oxygens (including phenoxy) is 2. The van der Waals surface area contributed by atoms with Crippen LogP contribution in [0.4, 0.5) is 0 Å². The number of benzene rings is 5. The fourth-order valence-corrected chi connectivity index (χ4v) is 6.65. The molecule has 1 N–H and O–H groups in total. The van der Waals surface area contributed by atoms with E-state index in [0.29, 0.717) is 17.5 Å². The van der Waals surface area contributed by atoms with Crippen molar-refractivity contribution in [1.29, 1.82) is 0 Å². The molecule has 0 unspecified atom stereocenters. The zero-order valence-electron chi connectivity index (χ0n) is 26.9. The molecular weight excluding hydrogens is 600 g/mol. The van der Waals surface area contributed by atoms with Crippen molar-refractivity contribution in [3.63, 3.8) is 0 Å². The second kappa shape index (κ2) is 14.1. The molecule has 0 aromatic heterocycles. The number of rotatable bonds is 10. The number of aliphatic hydroxyl groups excluding tert-OH is 1. The van der Waals surface area contributed by atoms with Crippen molar-refractivity contribution in [3.8, 4) is 11.1 Å². The van der Waals surface area contributed by atoms with Gasteiger partial charge in [-0.25, -0.2) is 0 Å². The van der Waals surface area contributed by atoms with Gasteiger partial charge in [-0.3, -0.25) is 19.4 Å². The van der Waals surface area contributed by atoms with Crippen molar-refractivity contribution in [2.45, 2.75) is 44.6 Å². The largest absolute Gasteiger partial charge is 0.392 e. The third kappa shape index (κ3) is 6.72. The van der Waals surface area contributed by atoms with E-state index in [9.17, 15) is 14.7 Å². The summed E-state index contributed by atoms with van der Waals surface area (Å²) in [6.07, 6.45) is -0.108. The zero-order chi connectivity index (χ0) is 33.0. The molecule has 2 aliphatic rings. The summed E-state index contributed by atoms with van der Waals surface area (Å²) in [4.78, 5) is 29.8. The highest BCUT2D eigenvalue weighted by Crippen LogP contribution is 2.39. The lowest BCUT2D eigenvalue weighted by atomic mass is 9.97. The molecule has 7 heteroatoms. The fourth-order valence-electron chi connectivity index (χ4n) is 6.65. The summed E-state index contributed by atoms with van der Waals surface area (Å²) in [6, 6.07) is 41.3. The lowest BCUT2D eigenvalue weighted by Crippen LogP contribution is -2.37. The van der Waals surface area contributed by atoms with Gasteiger partial charge in [0, 0.05) is 25.1 Å². The van der Waals surface area contributed by atoms with Gasteiger partial charge in [0.15, 0.2) is 6.29 Å². The van der Waals surface area contributed by atoms with Crippen LogP contribution < -0.4 is 0 Å². The number of carbonyl (C=O) groups is 2. The van der Waals surface area contributed by atoms with Gasteiger partial charge in [-0.1, -0.05) is 115 Å². The molecule has 0 aliphatic carbocycles. The monoisotopic (exact) mass is 638 g/mol. The Morgan fingerprint density at radius 3 is 1.96 bits per heavy atom. The Morgan fingerprint density at radius 2 is 1.29 bits per heavy atom. The van der Waals surface area contributed by atoms with E-state index in [2.05, 4.69) is 36.2 Å². The molecule has 3 atom stereocenters. The minimum absolute atomic E-state index is 0.00177. The molecule has 1 fully saturated rings. The first kappa shape index (κ1) is 31.7. The van der Waals surface area contributed by atoms with E-state index >= 15 is 0 Å². The normalized spacial score (nSPS) is 19.1. The number of fused-ring (bicyclic) bond motifs is 1. The molecule has 0 radical (unpaired) electrons. The van der Waals surface area contributed by atoms with Crippen molar-refractivity contribution < 1.29 is 24.2 Å². The second-order valence-corrected chi connectivity index (χ2v) is 12.6. The molecule has 0 saturated carbocycles. The van der Waals surface area contributed by atoms with Gasteiger partial charge in [0.1, 0.15) is 0 Å². The predicted octanol–water partition coefficient (Wildman–Crippen LogP) is 7.32. The van der Waals surface area contributed by atoms with E-state index in [-0.39, 0.29) is 37.2 Å². The van der Waals surface area contributed by atoms with Gasteiger partial charge < -0.3 is 14.6 Å². The van der Waals surface area contributed by atoms with Crippen molar-refractivity contribution in [3.05, 3.63) is 166 Å². The quantitative estimate of drug-likeness (QED) is 0.162. The lowest BCUT2D eigenvalue weighted by molar-refractivity contribution is -0.252. The molecule has 5 aromatic rings. The molecule has 0 bridgehead atoms. The molecule has 7 rings (SSSR count). The Kier molecular flexibility index (Phi) is 9.27. The standard InChI is InChI=1S/C41H38N2O5/c1-42(24-28-9-3-2-4-10-28)26-34-23-38(31-17-15-29(27-44)16-18-31)48-41(47-34)32-21-19-30(20-22-32)35-12-6-5-11-33(35)25-43-39(45)36-13-7-8-14-37(36)40(43)46/h2-22,34,38,41,44H,23-27H2,1H3/t34-,38+,41+/m1/s1. The lowest BCUT2D eigenvalue weighted by Gasteiger charge is -2.38. The number of imide groups is 1. The third-order valence-electron chi connectivity index (χ3n) is 9.14. The van der Waals surface area contributed by atoms with E-state index in [1.807, 2.05) is 78.9 Å². The maximum Gasteiger partial charge on any atom is 0.261 e. The molecule has 2 heterocycles. The summed E-state index contributed by atoms with van der Waals surface area (Å²) < 4.78 is 13.2. The van der Waals surface area contributed by atoms with Crippen LogP contribution in [0.2, 0.25) is 0 Å². The first-order valence-electron chi connectivity index (χ1n) is 16.3. The Hall–Kier alpha value is -4.92. The van der Waals surface area contributed by atoms with Crippen LogP contribution in [0.3, 0.4) is 0 Å². The predicted molar refractivity (Wildman–Crippen MR) is 184 cm³/mol. The van der Waals surface area contributed by atoms with Crippen molar-refractivity contribution in [2.75, 3.05) is 13.6 Å². The highest BCUT2D eigenvalue weighted by molar-refractivity contribution is 6.21. The topological polar surface area (TPSA) is 79.3 Å². The SMILES string of the molecule is CN(Cc1ccccc1)C[C@H]1C[C@@H](c2ccc(CO)cc2)O[C@@H](c2ccc(-c3ccccc3CN3C(=O)c4ccccc4C3=O)cc2)O1. The highest BCUT2D eigenvalue weighted by Gasteiger charge is 2.36. The Balaban J connectivity index is 1.11. The summed E-state index contributed by atoms with van der Waals surface area (Å²) in [6.45, 7) is 1.74. The van der Waals surface area contributed by atoms with Crippen LogP contribution in [0.25, 0.3) is 11.1 Å². The summed E-state index contributed by atoms with van der Waals surface area (Å²) in [7, 11) is 2.11. The average Bonchev–Trinajstić information content (AvgIpc) is 3.37. The van der Waals surface area contributed by atoms with Crippen LogP contribution >= 0.6 is 0 Å². The van der Waals surface area contributed by atoms with Gasteiger partial charge in [-0.05, 0) is 52.6 Å². The van der Waals surface area contributed by atoms with Crippen LogP contribution in [-0.4, -0.2) is 46.4 Å². The zero-order valence-corrected chi connectivity index (χ0v) is 26.9. The Labute approximate surface area is 281 Å². The summed E-state index contributed by atoms with van der Waals surface area (Å²) in [5, 5.41) is 9.56. The van der Waals surface area contributed by atoms with Crippen LogP contribution in [0.15, 0.2) is 127 Å². The van der Waals surface area contributed by atoms with Gasteiger partial charge in [-0.15, -0.1) is 0 Å². The van der Waals surface area contributed by atoms with Crippen LogP contribution in [0.5, 0.6) is 0 Å². The summed E-state index contributed by atoms with van der Waals surface area (Å²) in [5.74, 6) is -0.534. The molecule has 0 spiro atoms. The molecule has 2 amide bonds. The van der Waals surface area contributed by atoms with E-state index in [1.54, 1.807) is 24.3 Å². The smallest absolute Gasteiger partial charge is 0.261 e. The van der Waals surface area contributed by atoms with E-state index in [4.69, 9.17) is 9.47 Å². The highest BCUT2D eigenvalue weighted by atomic mass is 16.7. The van der Waals surface area contributed by atoms with Gasteiger partial charge in [-0.2, -0.15) is 0 Å².